The van der Waals surface area contributed by atoms with Crippen molar-refractivity contribution in [2.24, 2.45) is 0 Å². The monoisotopic (exact) mass is 383 g/mol. The number of methoxy groups -OCH3 is 2. The summed E-state index contributed by atoms with van der Waals surface area (Å²) in [5, 5.41) is 0. The summed E-state index contributed by atoms with van der Waals surface area (Å²) in [7, 11) is 5.11. The van der Waals surface area contributed by atoms with Crippen LogP contribution in [-0.2, 0) is 6.42 Å². The van der Waals surface area contributed by atoms with E-state index >= 15 is 0 Å². The fourth-order valence-electron chi connectivity index (χ4n) is 3.62. The van der Waals surface area contributed by atoms with Crippen LogP contribution in [-0.4, -0.2) is 44.7 Å². The zero-order valence-corrected chi connectivity index (χ0v) is 17.3. The van der Waals surface area contributed by atoms with Crippen molar-refractivity contribution < 1.29 is 19.0 Å². The van der Waals surface area contributed by atoms with Crippen LogP contribution in [0, 0.1) is 0 Å². The lowest BCUT2D eigenvalue weighted by Gasteiger charge is -2.19. The average molecular weight is 383 g/mol. The van der Waals surface area contributed by atoms with Crippen LogP contribution in [0.3, 0.4) is 0 Å². The van der Waals surface area contributed by atoms with E-state index in [-0.39, 0.29) is 12.0 Å². The molecule has 1 aliphatic heterocycles. The van der Waals surface area contributed by atoms with Crippen LogP contribution in [0.2, 0.25) is 0 Å². The molecule has 0 radical (unpaired) electrons. The van der Waals surface area contributed by atoms with Gasteiger partial charge in [-0.25, -0.2) is 0 Å². The molecule has 1 amide bonds. The first-order valence-corrected chi connectivity index (χ1v) is 9.72. The highest BCUT2D eigenvalue weighted by Crippen LogP contribution is 2.40. The van der Waals surface area contributed by atoms with Crippen LogP contribution >= 0.6 is 0 Å². The Morgan fingerprint density at radius 3 is 2.57 bits per heavy atom. The van der Waals surface area contributed by atoms with Crippen molar-refractivity contribution in [3.8, 4) is 17.2 Å². The standard InChI is InChI=1S/C23H29NO4/c1-15-16(2)28-22-18(15)9-6-10-19(22)23(25)24(3)13-7-8-17-11-12-20(26-4)21(14-17)27-5/h6,9-12,14-16H,7-8,13H2,1-5H3. The third-order valence-corrected chi connectivity index (χ3v) is 5.53. The third kappa shape index (κ3) is 3.93. The van der Waals surface area contributed by atoms with E-state index < -0.39 is 0 Å². The van der Waals surface area contributed by atoms with E-state index in [2.05, 4.69) is 13.0 Å². The van der Waals surface area contributed by atoms with Gasteiger partial charge in [0.05, 0.1) is 19.8 Å². The molecule has 0 fully saturated rings. The van der Waals surface area contributed by atoms with Crippen molar-refractivity contribution in [1.82, 2.24) is 4.90 Å². The highest BCUT2D eigenvalue weighted by molar-refractivity contribution is 5.97. The van der Waals surface area contributed by atoms with Gasteiger partial charge in [0.1, 0.15) is 11.9 Å². The van der Waals surface area contributed by atoms with E-state index in [9.17, 15) is 4.79 Å². The first-order chi connectivity index (χ1) is 13.5. The molecule has 2 atom stereocenters. The molecule has 5 heteroatoms. The molecule has 2 unspecified atom stereocenters. The van der Waals surface area contributed by atoms with Gasteiger partial charge in [-0.15, -0.1) is 0 Å². The number of ether oxygens (including phenoxy) is 3. The molecule has 2 aromatic rings. The van der Waals surface area contributed by atoms with Crippen LogP contribution in [0.1, 0.15) is 47.7 Å². The number of carbonyl (C=O) groups excluding carboxylic acids is 1. The summed E-state index contributed by atoms with van der Waals surface area (Å²) in [6, 6.07) is 11.8. The normalized spacial score (nSPS) is 17.6. The summed E-state index contributed by atoms with van der Waals surface area (Å²) in [4.78, 5) is 14.7. The molecule has 1 aliphatic rings. The Kier molecular flexibility index (Phi) is 6.12. The first-order valence-electron chi connectivity index (χ1n) is 9.72. The lowest BCUT2D eigenvalue weighted by atomic mass is 9.96. The van der Waals surface area contributed by atoms with Gasteiger partial charge in [-0.05, 0) is 43.5 Å². The molecule has 0 bridgehead atoms. The first kappa shape index (κ1) is 20.1. The van der Waals surface area contributed by atoms with Gasteiger partial charge in [-0.2, -0.15) is 0 Å². The molecule has 1 heterocycles. The van der Waals surface area contributed by atoms with Gasteiger partial charge in [0.25, 0.3) is 5.91 Å². The molecule has 0 aromatic heterocycles. The maximum Gasteiger partial charge on any atom is 0.257 e. The Balaban J connectivity index is 1.62. The van der Waals surface area contributed by atoms with Gasteiger partial charge >= 0.3 is 0 Å². The number of carbonyl (C=O) groups is 1. The second kappa shape index (κ2) is 8.55. The van der Waals surface area contributed by atoms with E-state index in [1.165, 1.54) is 0 Å². The molecule has 0 aliphatic carbocycles. The zero-order chi connectivity index (χ0) is 20.3. The molecule has 28 heavy (non-hydrogen) atoms. The Labute approximate surface area is 167 Å². The fraction of sp³-hybridized carbons (Fsp3) is 0.435. The predicted octanol–water partition coefficient (Wildman–Crippen LogP) is 4.29. The third-order valence-electron chi connectivity index (χ3n) is 5.53. The smallest absolute Gasteiger partial charge is 0.257 e. The summed E-state index contributed by atoms with van der Waals surface area (Å²) < 4.78 is 16.6. The largest absolute Gasteiger partial charge is 0.493 e. The van der Waals surface area contributed by atoms with E-state index in [4.69, 9.17) is 14.2 Å². The molecule has 2 aromatic carbocycles. The zero-order valence-electron chi connectivity index (χ0n) is 17.3. The molecule has 0 spiro atoms. The second-order valence-electron chi connectivity index (χ2n) is 7.36. The molecule has 3 rings (SSSR count). The molecule has 0 saturated carbocycles. The van der Waals surface area contributed by atoms with E-state index in [0.717, 1.165) is 41.2 Å². The SMILES string of the molecule is COc1ccc(CCCN(C)C(=O)c2cccc3c2OC(C)C3C)cc1OC. The van der Waals surface area contributed by atoms with Crippen LogP contribution < -0.4 is 14.2 Å². The van der Waals surface area contributed by atoms with Crippen LogP contribution in [0.5, 0.6) is 17.2 Å². The quantitative estimate of drug-likeness (QED) is 0.715. The van der Waals surface area contributed by atoms with Gasteiger partial charge in [0, 0.05) is 25.1 Å². The Hall–Kier alpha value is -2.69. The molecule has 5 nitrogen and oxygen atoms in total. The number of amides is 1. The van der Waals surface area contributed by atoms with Gasteiger partial charge < -0.3 is 19.1 Å². The Morgan fingerprint density at radius 2 is 1.86 bits per heavy atom. The number of benzene rings is 2. The van der Waals surface area contributed by atoms with Gasteiger partial charge in [0.2, 0.25) is 0 Å². The van der Waals surface area contributed by atoms with Crippen LogP contribution in [0.4, 0.5) is 0 Å². The van der Waals surface area contributed by atoms with E-state index in [1.807, 2.05) is 44.3 Å². The topological polar surface area (TPSA) is 48.0 Å². The van der Waals surface area contributed by atoms with Crippen LogP contribution in [0.25, 0.3) is 0 Å². The fourth-order valence-corrected chi connectivity index (χ4v) is 3.62. The number of hydrogen-bond acceptors (Lipinski definition) is 4. The second-order valence-corrected chi connectivity index (χ2v) is 7.36. The summed E-state index contributed by atoms with van der Waals surface area (Å²) in [6.45, 7) is 4.85. The van der Waals surface area contributed by atoms with Gasteiger partial charge in [0.15, 0.2) is 11.5 Å². The van der Waals surface area contributed by atoms with Crippen molar-refractivity contribution in [2.75, 3.05) is 27.8 Å². The average Bonchev–Trinajstić information content (AvgIpc) is 3.01. The molecular formula is C23H29NO4. The number of hydrogen-bond donors (Lipinski definition) is 0. The summed E-state index contributed by atoms with van der Waals surface area (Å²) in [6.07, 6.45) is 1.81. The minimum absolute atomic E-state index is 0.00506. The lowest BCUT2D eigenvalue weighted by molar-refractivity contribution is 0.0788. The Morgan fingerprint density at radius 1 is 1.11 bits per heavy atom. The maximum atomic E-state index is 13.0. The number of rotatable bonds is 7. The van der Waals surface area contributed by atoms with E-state index in [0.29, 0.717) is 18.0 Å². The minimum atomic E-state index is 0.00506. The number of aryl methyl sites for hydroxylation is 1. The number of fused-ring (bicyclic) bond motifs is 1. The molecule has 150 valence electrons. The summed E-state index contributed by atoms with van der Waals surface area (Å²) >= 11 is 0. The molecular weight excluding hydrogens is 354 g/mol. The number of nitrogens with zero attached hydrogens (tertiary/aromatic N) is 1. The highest BCUT2D eigenvalue weighted by Gasteiger charge is 2.31. The highest BCUT2D eigenvalue weighted by atomic mass is 16.5. The maximum absolute atomic E-state index is 13.0. The summed E-state index contributed by atoms with van der Waals surface area (Å²) in [5.41, 5.74) is 2.93. The lowest BCUT2D eigenvalue weighted by Crippen LogP contribution is -2.28. The molecule has 0 N–H and O–H groups in total. The van der Waals surface area contributed by atoms with Crippen LogP contribution in [0.15, 0.2) is 36.4 Å². The predicted molar refractivity (Wildman–Crippen MR) is 110 cm³/mol. The summed E-state index contributed by atoms with van der Waals surface area (Å²) in [5.74, 6) is 2.51. The number of para-hydroxylation sites is 1. The van der Waals surface area contributed by atoms with E-state index in [1.54, 1.807) is 19.1 Å². The van der Waals surface area contributed by atoms with Crippen molar-refractivity contribution in [1.29, 1.82) is 0 Å². The minimum Gasteiger partial charge on any atom is -0.493 e. The molecule has 0 saturated heterocycles. The van der Waals surface area contributed by atoms with Crippen molar-refractivity contribution in [2.45, 2.75) is 38.7 Å². The van der Waals surface area contributed by atoms with Crippen molar-refractivity contribution in [3.63, 3.8) is 0 Å². The van der Waals surface area contributed by atoms with Gasteiger partial charge in [-0.3, -0.25) is 4.79 Å². The van der Waals surface area contributed by atoms with Crippen molar-refractivity contribution >= 4 is 5.91 Å². The Bertz CT molecular complexity index is 848. The van der Waals surface area contributed by atoms with Gasteiger partial charge in [-0.1, -0.05) is 25.1 Å². The van der Waals surface area contributed by atoms with Crippen molar-refractivity contribution in [3.05, 3.63) is 53.1 Å².